The Morgan fingerprint density at radius 2 is 2.11 bits per heavy atom. The Kier molecular flexibility index (Phi) is 4.12. The number of aromatic nitrogens is 1. The lowest BCUT2D eigenvalue weighted by Crippen LogP contribution is -2.38. The molecule has 1 heterocycles. The fourth-order valence-electron chi connectivity index (χ4n) is 1.89. The molecule has 0 aliphatic heterocycles. The van der Waals surface area contributed by atoms with E-state index in [1.54, 1.807) is 12.3 Å². The molecule has 0 fully saturated rings. The highest BCUT2D eigenvalue weighted by molar-refractivity contribution is 6.06. The summed E-state index contributed by atoms with van der Waals surface area (Å²) in [6.07, 6.45) is 1.71. The van der Waals surface area contributed by atoms with Gasteiger partial charge in [-0.25, -0.2) is 0 Å². The summed E-state index contributed by atoms with van der Waals surface area (Å²) in [6.45, 7) is 3.84. The van der Waals surface area contributed by atoms with Gasteiger partial charge in [0.2, 0.25) is 0 Å². The number of amides is 1. The van der Waals surface area contributed by atoms with Crippen LogP contribution >= 0.6 is 0 Å². The lowest BCUT2D eigenvalue weighted by molar-refractivity contribution is 0.0918. The molecule has 1 amide bonds. The number of benzene rings is 1. The summed E-state index contributed by atoms with van der Waals surface area (Å²) in [7, 11) is 0. The van der Waals surface area contributed by atoms with Crippen LogP contribution in [0.4, 0.5) is 0 Å². The average molecular weight is 258 g/mol. The van der Waals surface area contributed by atoms with E-state index in [9.17, 15) is 4.79 Å². The summed E-state index contributed by atoms with van der Waals surface area (Å²) in [5.41, 5.74) is 1.42. The molecule has 0 aliphatic rings. The summed E-state index contributed by atoms with van der Waals surface area (Å²) in [5.74, 6) is -0.108. The first kappa shape index (κ1) is 13.5. The standard InChI is InChI=1S/C15H18N2O2/c1-10(9-18)11(2)17-15(19)13-5-3-7-14-12(13)6-4-8-16-14/h3-8,10-11,18H,9H2,1-2H3,(H,17,19). The van der Waals surface area contributed by atoms with Gasteiger partial charge < -0.3 is 10.4 Å². The zero-order valence-corrected chi connectivity index (χ0v) is 11.1. The van der Waals surface area contributed by atoms with Crippen LogP contribution in [0.15, 0.2) is 36.5 Å². The van der Waals surface area contributed by atoms with Gasteiger partial charge in [-0.05, 0) is 31.0 Å². The Bertz CT molecular complexity index is 578. The number of nitrogens with one attached hydrogen (secondary N) is 1. The maximum atomic E-state index is 12.3. The molecule has 0 radical (unpaired) electrons. The summed E-state index contributed by atoms with van der Waals surface area (Å²) in [5, 5.41) is 12.9. The first-order valence-electron chi connectivity index (χ1n) is 6.39. The van der Waals surface area contributed by atoms with Crippen LogP contribution in [0.3, 0.4) is 0 Å². The molecular weight excluding hydrogens is 240 g/mol. The number of hydrogen-bond donors (Lipinski definition) is 2. The molecule has 0 aliphatic carbocycles. The predicted molar refractivity (Wildman–Crippen MR) is 74.9 cm³/mol. The quantitative estimate of drug-likeness (QED) is 0.881. The molecule has 2 N–H and O–H groups in total. The molecule has 19 heavy (non-hydrogen) atoms. The van der Waals surface area contributed by atoms with Crippen LogP contribution in [0, 0.1) is 5.92 Å². The first-order chi connectivity index (χ1) is 9.13. The van der Waals surface area contributed by atoms with E-state index in [1.807, 2.05) is 38.1 Å². The number of aliphatic hydroxyl groups excluding tert-OH is 1. The van der Waals surface area contributed by atoms with E-state index in [-0.39, 0.29) is 24.5 Å². The fraction of sp³-hybridized carbons (Fsp3) is 0.333. The van der Waals surface area contributed by atoms with Gasteiger partial charge in [-0.15, -0.1) is 0 Å². The van der Waals surface area contributed by atoms with Gasteiger partial charge in [-0.1, -0.05) is 19.1 Å². The van der Waals surface area contributed by atoms with Gasteiger partial charge >= 0.3 is 0 Å². The third kappa shape index (κ3) is 2.90. The Morgan fingerprint density at radius 1 is 1.32 bits per heavy atom. The highest BCUT2D eigenvalue weighted by Crippen LogP contribution is 2.16. The number of rotatable bonds is 4. The van der Waals surface area contributed by atoms with Crippen molar-refractivity contribution < 1.29 is 9.90 Å². The molecule has 100 valence electrons. The van der Waals surface area contributed by atoms with Gasteiger partial charge in [0, 0.05) is 29.8 Å². The van der Waals surface area contributed by atoms with Crippen LogP contribution in [0.25, 0.3) is 10.9 Å². The zero-order chi connectivity index (χ0) is 13.8. The van der Waals surface area contributed by atoms with Crippen molar-refractivity contribution in [3.8, 4) is 0 Å². The van der Waals surface area contributed by atoms with Gasteiger partial charge in [0.05, 0.1) is 5.52 Å². The van der Waals surface area contributed by atoms with Gasteiger partial charge in [0.15, 0.2) is 0 Å². The van der Waals surface area contributed by atoms with Crippen LogP contribution in [0.1, 0.15) is 24.2 Å². The monoisotopic (exact) mass is 258 g/mol. The molecule has 0 saturated carbocycles. The number of aliphatic hydroxyl groups is 1. The predicted octanol–water partition coefficient (Wildman–Crippen LogP) is 1.98. The molecule has 0 saturated heterocycles. The van der Waals surface area contributed by atoms with Crippen LogP contribution in [0.2, 0.25) is 0 Å². The zero-order valence-electron chi connectivity index (χ0n) is 11.1. The van der Waals surface area contributed by atoms with E-state index < -0.39 is 0 Å². The SMILES string of the molecule is CC(CO)C(C)NC(=O)c1cccc2ncccc12. The highest BCUT2D eigenvalue weighted by Gasteiger charge is 2.16. The highest BCUT2D eigenvalue weighted by atomic mass is 16.3. The normalized spacial score (nSPS) is 14.1. The van der Waals surface area contributed by atoms with E-state index in [2.05, 4.69) is 10.3 Å². The number of nitrogens with zero attached hydrogens (tertiary/aromatic N) is 1. The number of fused-ring (bicyclic) bond motifs is 1. The number of pyridine rings is 1. The molecule has 0 spiro atoms. The second-order valence-corrected chi connectivity index (χ2v) is 4.80. The van der Waals surface area contributed by atoms with Gasteiger partial charge in [-0.2, -0.15) is 0 Å². The molecule has 1 aromatic heterocycles. The van der Waals surface area contributed by atoms with Crippen molar-refractivity contribution in [3.05, 3.63) is 42.1 Å². The van der Waals surface area contributed by atoms with Crippen LogP contribution < -0.4 is 5.32 Å². The third-order valence-corrected chi connectivity index (χ3v) is 3.39. The fourth-order valence-corrected chi connectivity index (χ4v) is 1.89. The number of carbonyl (C=O) groups is 1. The van der Waals surface area contributed by atoms with E-state index in [0.717, 1.165) is 10.9 Å². The summed E-state index contributed by atoms with van der Waals surface area (Å²) < 4.78 is 0. The average Bonchev–Trinajstić information content (AvgIpc) is 2.45. The Morgan fingerprint density at radius 3 is 2.84 bits per heavy atom. The number of hydrogen-bond acceptors (Lipinski definition) is 3. The molecule has 2 atom stereocenters. The van der Waals surface area contributed by atoms with Crippen molar-refractivity contribution in [2.75, 3.05) is 6.61 Å². The summed E-state index contributed by atoms with van der Waals surface area (Å²) >= 11 is 0. The van der Waals surface area contributed by atoms with E-state index in [4.69, 9.17) is 5.11 Å². The molecular formula is C15H18N2O2. The van der Waals surface area contributed by atoms with Gasteiger partial charge in [0.1, 0.15) is 0 Å². The molecule has 1 aromatic carbocycles. The Balaban J connectivity index is 2.27. The Hall–Kier alpha value is -1.94. The van der Waals surface area contributed by atoms with Crippen molar-refractivity contribution in [1.29, 1.82) is 0 Å². The third-order valence-electron chi connectivity index (χ3n) is 3.39. The molecule has 2 unspecified atom stereocenters. The second kappa shape index (κ2) is 5.80. The lowest BCUT2D eigenvalue weighted by Gasteiger charge is -2.19. The van der Waals surface area contributed by atoms with Gasteiger partial charge in [0.25, 0.3) is 5.91 Å². The molecule has 2 aromatic rings. The Labute approximate surface area is 112 Å². The molecule has 2 rings (SSSR count). The van der Waals surface area contributed by atoms with Crippen molar-refractivity contribution in [2.45, 2.75) is 19.9 Å². The van der Waals surface area contributed by atoms with Crippen molar-refractivity contribution in [3.63, 3.8) is 0 Å². The van der Waals surface area contributed by atoms with Crippen LogP contribution in [-0.4, -0.2) is 28.6 Å². The molecule has 4 nitrogen and oxygen atoms in total. The number of carbonyl (C=O) groups excluding carboxylic acids is 1. The minimum atomic E-state index is -0.133. The van der Waals surface area contributed by atoms with E-state index in [1.165, 1.54) is 0 Å². The topological polar surface area (TPSA) is 62.2 Å². The van der Waals surface area contributed by atoms with Crippen molar-refractivity contribution in [1.82, 2.24) is 10.3 Å². The van der Waals surface area contributed by atoms with Crippen LogP contribution in [0.5, 0.6) is 0 Å². The minimum absolute atomic E-state index is 0.0250. The summed E-state index contributed by atoms with van der Waals surface area (Å²) in [6, 6.07) is 9.12. The maximum absolute atomic E-state index is 12.3. The van der Waals surface area contributed by atoms with Gasteiger partial charge in [-0.3, -0.25) is 9.78 Å². The minimum Gasteiger partial charge on any atom is -0.396 e. The van der Waals surface area contributed by atoms with E-state index >= 15 is 0 Å². The van der Waals surface area contributed by atoms with E-state index in [0.29, 0.717) is 5.56 Å². The van der Waals surface area contributed by atoms with Crippen molar-refractivity contribution in [2.24, 2.45) is 5.92 Å². The van der Waals surface area contributed by atoms with Crippen molar-refractivity contribution >= 4 is 16.8 Å². The smallest absolute Gasteiger partial charge is 0.252 e. The summed E-state index contributed by atoms with van der Waals surface area (Å²) in [4.78, 5) is 16.5. The lowest BCUT2D eigenvalue weighted by atomic mass is 10.0. The molecule has 4 heteroatoms. The first-order valence-corrected chi connectivity index (χ1v) is 6.39. The second-order valence-electron chi connectivity index (χ2n) is 4.80. The maximum Gasteiger partial charge on any atom is 0.252 e. The van der Waals surface area contributed by atoms with Crippen LogP contribution in [-0.2, 0) is 0 Å². The molecule has 0 bridgehead atoms. The largest absolute Gasteiger partial charge is 0.396 e.